The van der Waals surface area contributed by atoms with Crippen LogP contribution >= 0.6 is 0 Å². The molecule has 0 saturated heterocycles. The molecule has 0 heteroatoms. The average molecular weight is 174 g/mol. The van der Waals surface area contributed by atoms with Gasteiger partial charge < -0.3 is 0 Å². The van der Waals surface area contributed by atoms with Gasteiger partial charge in [0, 0.05) is 0 Å². The van der Waals surface area contributed by atoms with Gasteiger partial charge in [0.1, 0.15) is 0 Å². The third kappa shape index (κ3) is 2.12. The third-order valence-corrected chi connectivity index (χ3v) is 3.03. The van der Waals surface area contributed by atoms with E-state index in [0.29, 0.717) is 0 Å². The Hall–Kier alpha value is -0.780. The maximum absolute atomic E-state index is 4.06. The van der Waals surface area contributed by atoms with Gasteiger partial charge in [-0.3, -0.25) is 0 Å². The summed E-state index contributed by atoms with van der Waals surface area (Å²) in [7, 11) is 0. The van der Waals surface area contributed by atoms with Crippen LogP contribution in [0.3, 0.4) is 0 Å². The summed E-state index contributed by atoms with van der Waals surface area (Å²) >= 11 is 0. The Morgan fingerprint density at radius 3 is 2.46 bits per heavy atom. The van der Waals surface area contributed by atoms with Crippen LogP contribution in [0.4, 0.5) is 0 Å². The van der Waals surface area contributed by atoms with Gasteiger partial charge >= 0.3 is 0 Å². The van der Waals surface area contributed by atoms with E-state index in [2.05, 4.69) is 18.7 Å². The van der Waals surface area contributed by atoms with Crippen LogP contribution in [0, 0.1) is 0 Å². The first-order chi connectivity index (χ1) is 6.36. The topological polar surface area (TPSA) is 0 Å². The Kier molecular flexibility index (Phi) is 2.68. The summed E-state index contributed by atoms with van der Waals surface area (Å²) in [4.78, 5) is 0. The molecule has 0 fully saturated rings. The van der Waals surface area contributed by atoms with Gasteiger partial charge in [0.2, 0.25) is 0 Å². The maximum Gasteiger partial charge on any atom is -0.0273 e. The fraction of sp³-hybridized carbons (Fsp3) is 0.538. The van der Waals surface area contributed by atoms with E-state index in [9.17, 15) is 0 Å². The van der Waals surface area contributed by atoms with Gasteiger partial charge in [0.05, 0.1) is 0 Å². The van der Waals surface area contributed by atoms with Gasteiger partial charge in [-0.2, -0.15) is 0 Å². The van der Waals surface area contributed by atoms with Crippen LogP contribution in [-0.4, -0.2) is 0 Å². The Labute approximate surface area is 81.0 Å². The lowest BCUT2D eigenvalue weighted by Gasteiger charge is -2.20. The predicted octanol–water partition coefficient (Wildman–Crippen LogP) is 4.15. The van der Waals surface area contributed by atoms with Crippen molar-refractivity contribution in [2.24, 2.45) is 0 Å². The largest absolute Gasteiger partial charge is 0.0958 e. The highest BCUT2D eigenvalue weighted by Crippen LogP contribution is 2.31. The van der Waals surface area contributed by atoms with Crippen molar-refractivity contribution in [2.75, 3.05) is 0 Å². The molecule has 0 bridgehead atoms. The molecule has 0 N–H and O–H groups in total. The SMILES string of the molecule is C=C1C=C(C2=CCCCC2)CCC1. The molecule has 0 aliphatic heterocycles. The highest BCUT2D eigenvalue weighted by atomic mass is 14.2. The second kappa shape index (κ2) is 3.95. The molecule has 0 aromatic rings. The number of hydrogen-bond acceptors (Lipinski definition) is 0. The summed E-state index contributed by atoms with van der Waals surface area (Å²) in [5, 5.41) is 0. The van der Waals surface area contributed by atoms with Crippen LogP contribution in [0.1, 0.15) is 44.9 Å². The van der Waals surface area contributed by atoms with Crippen molar-refractivity contribution in [3.8, 4) is 0 Å². The van der Waals surface area contributed by atoms with Gasteiger partial charge in [0.25, 0.3) is 0 Å². The van der Waals surface area contributed by atoms with Gasteiger partial charge in [-0.05, 0) is 56.1 Å². The zero-order chi connectivity index (χ0) is 9.10. The lowest BCUT2D eigenvalue weighted by molar-refractivity contribution is 0.687. The normalized spacial score (nSPS) is 23.8. The minimum Gasteiger partial charge on any atom is -0.0958 e. The van der Waals surface area contributed by atoms with Crippen LogP contribution in [-0.2, 0) is 0 Å². The van der Waals surface area contributed by atoms with Crippen molar-refractivity contribution in [3.05, 3.63) is 35.5 Å². The van der Waals surface area contributed by atoms with Crippen molar-refractivity contribution < 1.29 is 0 Å². The molecule has 0 spiro atoms. The van der Waals surface area contributed by atoms with Crippen molar-refractivity contribution in [3.63, 3.8) is 0 Å². The zero-order valence-electron chi connectivity index (χ0n) is 8.31. The van der Waals surface area contributed by atoms with Crippen LogP contribution in [0.25, 0.3) is 0 Å². The summed E-state index contributed by atoms with van der Waals surface area (Å²) in [6.45, 7) is 4.06. The highest BCUT2D eigenvalue weighted by molar-refractivity contribution is 5.39. The minimum atomic E-state index is 1.21. The van der Waals surface area contributed by atoms with E-state index in [-0.39, 0.29) is 0 Å². The summed E-state index contributed by atoms with van der Waals surface area (Å²) in [5.41, 5.74) is 4.52. The van der Waals surface area contributed by atoms with E-state index in [0.717, 1.165) is 0 Å². The summed E-state index contributed by atoms with van der Waals surface area (Å²) in [6, 6.07) is 0. The van der Waals surface area contributed by atoms with Crippen molar-refractivity contribution in [1.29, 1.82) is 0 Å². The Morgan fingerprint density at radius 1 is 0.923 bits per heavy atom. The molecule has 70 valence electrons. The fourth-order valence-corrected chi connectivity index (χ4v) is 2.28. The Morgan fingerprint density at radius 2 is 1.77 bits per heavy atom. The van der Waals surface area contributed by atoms with Crippen LogP contribution in [0.2, 0.25) is 0 Å². The van der Waals surface area contributed by atoms with Crippen LogP contribution in [0.5, 0.6) is 0 Å². The Balaban J connectivity index is 2.14. The van der Waals surface area contributed by atoms with E-state index in [1.165, 1.54) is 50.5 Å². The molecular formula is C13H18. The Bertz CT molecular complexity index is 266. The smallest absolute Gasteiger partial charge is 0.0273 e. The van der Waals surface area contributed by atoms with Gasteiger partial charge in [-0.1, -0.05) is 24.3 Å². The second-order valence-corrected chi connectivity index (χ2v) is 4.16. The number of allylic oxidation sites excluding steroid dienone is 5. The first-order valence-corrected chi connectivity index (χ1v) is 5.44. The third-order valence-electron chi connectivity index (χ3n) is 3.03. The lowest BCUT2D eigenvalue weighted by Crippen LogP contribution is -2.00. The minimum absolute atomic E-state index is 1.21. The standard InChI is InChI=1S/C13H18/c1-11-6-5-9-13(10-11)12-7-3-2-4-8-12/h7,10H,1-6,8-9H2. The van der Waals surface area contributed by atoms with Gasteiger partial charge in [-0.25, -0.2) is 0 Å². The second-order valence-electron chi connectivity index (χ2n) is 4.16. The molecule has 0 heterocycles. The van der Waals surface area contributed by atoms with E-state index in [1.54, 1.807) is 11.1 Å². The highest BCUT2D eigenvalue weighted by Gasteiger charge is 2.12. The monoisotopic (exact) mass is 174 g/mol. The molecular weight excluding hydrogens is 156 g/mol. The van der Waals surface area contributed by atoms with Gasteiger partial charge in [-0.15, -0.1) is 0 Å². The van der Waals surface area contributed by atoms with E-state index in [4.69, 9.17) is 0 Å². The average Bonchev–Trinajstić information content (AvgIpc) is 2.19. The molecule has 0 saturated carbocycles. The first-order valence-electron chi connectivity index (χ1n) is 5.44. The van der Waals surface area contributed by atoms with Crippen molar-refractivity contribution in [1.82, 2.24) is 0 Å². The van der Waals surface area contributed by atoms with E-state index < -0.39 is 0 Å². The van der Waals surface area contributed by atoms with Crippen LogP contribution < -0.4 is 0 Å². The molecule has 0 amide bonds. The molecule has 0 atom stereocenters. The molecule has 0 aromatic carbocycles. The number of rotatable bonds is 1. The lowest BCUT2D eigenvalue weighted by atomic mass is 9.86. The predicted molar refractivity (Wildman–Crippen MR) is 57.6 cm³/mol. The summed E-state index contributed by atoms with van der Waals surface area (Å²) in [6.07, 6.45) is 13.9. The molecule has 2 aliphatic carbocycles. The van der Waals surface area contributed by atoms with Crippen LogP contribution in [0.15, 0.2) is 35.5 Å². The molecule has 2 rings (SSSR count). The summed E-state index contributed by atoms with van der Waals surface area (Å²) < 4.78 is 0. The molecule has 0 nitrogen and oxygen atoms in total. The van der Waals surface area contributed by atoms with Gasteiger partial charge in [0.15, 0.2) is 0 Å². The molecule has 2 aliphatic rings. The first kappa shape index (κ1) is 8.80. The van der Waals surface area contributed by atoms with Crippen molar-refractivity contribution >= 4 is 0 Å². The van der Waals surface area contributed by atoms with E-state index >= 15 is 0 Å². The maximum atomic E-state index is 4.06. The summed E-state index contributed by atoms with van der Waals surface area (Å²) in [5.74, 6) is 0. The van der Waals surface area contributed by atoms with Crippen molar-refractivity contribution in [2.45, 2.75) is 44.9 Å². The molecule has 0 unspecified atom stereocenters. The quantitative estimate of drug-likeness (QED) is 0.560. The molecule has 13 heavy (non-hydrogen) atoms. The van der Waals surface area contributed by atoms with E-state index in [1.807, 2.05) is 0 Å². The zero-order valence-corrected chi connectivity index (χ0v) is 8.31. The fourth-order valence-electron chi connectivity index (χ4n) is 2.28. The molecule has 0 radical (unpaired) electrons. The molecule has 0 aromatic heterocycles. The number of hydrogen-bond donors (Lipinski definition) is 0.